The maximum atomic E-state index is 11.7. The number of tetrazole rings is 1. The summed E-state index contributed by atoms with van der Waals surface area (Å²) in [5.74, 6) is 0.424. The molecule has 0 saturated heterocycles. The molecule has 1 atom stereocenters. The normalized spacial score (nSPS) is 12.0. The van der Waals surface area contributed by atoms with Crippen LogP contribution in [0.5, 0.6) is 0 Å². The Balaban J connectivity index is 1.80. The summed E-state index contributed by atoms with van der Waals surface area (Å²) in [6.45, 7) is 4.25. The van der Waals surface area contributed by atoms with E-state index in [1.54, 1.807) is 7.05 Å². The number of amides is 2. The van der Waals surface area contributed by atoms with Crippen molar-refractivity contribution in [3.05, 3.63) is 40.7 Å². The Morgan fingerprint density at radius 3 is 2.55 bits per heavy atom. The van der Waals surface area contributed by atoms with Crippen molar-refractivity contribution in [3.63, 3.8) is 0 Å². The van der Waals surface area contributed by atoms with Gasteiger partial charge in [0.15, 0.2) is 5.82 Å². The minimum Gasteiger partial charge on any atom is -0.387 e. The zero-order valence-electron chi connectivity index (χ0n) is 12.9. The van der Waals surface area contributed by atoms with E-state index in [1.807, 2.05) is 32.0 Å². The number of carbonyl (C=O) groups is 1. The van der Waals surface area contributed by atoms with Crippen LogP contribution in [0, 0.1) is 13.8 Å². The molecule has 0 aliphatic carbocycles. The summed E-state index contributed by atoms with van der Waals surface area (Å²) in [6.07, 6.45) is -0.751. The summed E-state index contributed by atoms with van der Waals surface area (Å²) in [7, 11) is 1.65. The van der Waals surface area contributed by atoms with E-state index in [0.29, 0.717) is 5.82 Å². The van der Waals surface area contributed by atoms with Crippen LogP contribution in [0.15, 0.2) is 18.2 Å². The van der Waals surface area contributed by atoms with E-state index in [0.717, 1.165) is 16.7 Å². The van der Waals surface area contributed by atoms with Crippen LogP contribution >= 0.6 is 0 Å². The van der Waals surface area contributed by atoms with E-state index in [1.165, 1.54) is 4.80 Å². The maximum absolute atomic E-state index is 11.7. The van der Waals surface area contributed by atoms with Crippen LogP contribution in [0.25, 0.3) is 0 Å². The van der Waals surface area contributed by atoms with E-state index in [4.69, 9.17) is 0 Å². The van der Waals surface area contributed by atoms with Gasteiger partial charge in [-0.3, -0.25) is 0 Å². The number of benzene rings is 1. The molecule has 1 aromatic heterocycles. The second-order valence-electron chi connectivity index (χ2n) is 5.20. The van der Waals surface area contributed by atoms with Crippen molar-refractivity contribution in [1.82, 2.24) is 30.8 Å². The smallest absolute Gasteiger partial charge is 0.315 e. The SMILES string of the molecule is Cc1cc(C)cc(C(O)CNC(=O)NCc2nnn(C)n2)c1. The molecule has 3 N–H and O–H groups in total. The first-order valence-electron chi connectivity index (χ1n) is 6.95. The van der Waals surface area contributed by atoms with Crippen LogP contribution in [0.3, 0.4) is 0 Å². The molecule has 0 aliphatic heterocycles. The number of aliphatic hydroxyl groups excluding tert-OH is 1. The van der Waals surface area contributed by atoms with Gasteiger partial charge in [-0.1, -0.05) is 29.3 Å². The lowest BCUT2D eigenvalue weighted by molar-refractivity contribution is 0.173. The first kappa shape index (κ1) is 15.9. The van der Waals surface area contributed by atoms with Crippen LogP contribution < -0.4 is 10.6 Å². The molecule has 2 aromatic rings. The van der Waals surface area contributed by atoms with E-state index in [9.17, 15) is 9.90 Å². The Kier molecular flexibility index (Phi) is 5.05. The fourth-order valence-electron chi connectivity index (χ4n) is 2.13. The summed E-state index contributed by atoms with van der Waals surface area (Å²) in [5, 5.41) is 26.7. The number of nitrogens with zero attached hydrogens (tertiary/aromatic N) is 4. The van der Waals surface area contributed by atoms with E-state index in [-0.39, 0.29) is 13.1 Å². The molecule has 0 spiro atoms. The Labute approximate surface area is 128 Å². The molecule has 8 heteroatoms. The van der Waals surface area contributed by atoms with Crippen molar-refractivity contribution in [2.75, 3.05) is 6.54 Å². The van der Waals surface area contributed by atoms with Crippen molar-refractivity contribution in [1.29, 1.82) is 0 Å². The number of aryl methyl sites for hydroxylation is 3. The monoisotopic (exact) mass is 304 g/mol. The molecule has 2 amide bonds. The highest BCUT2D eigenvalue weighted by Gasteiger charge is 2.11. The highest BCUT2D eigenvalue weighted by Crippen LogP contribution is 2.16. The third-order valence-electron chi connectivity index (χ3n) is 3.04. The van der Waals surface area contributed by atoms with Gasteiger partial charge in [0.25, 0.3) is 0 Å². The number of urea groups is 1. The topological polar surface area (TPSA) is 105 Å². The molecule has 2 rings (SSSR count). The fraction of sp³-hybridized carbons (Fsp3) is 0.429. The first-order chi connectivity index (χ1) is 10.4. The largest absolute Gasteiger partial charge is 0.387 e. The number of aliphatic hydroxyl groups is 1. The lowest BCUT2D eigenvalue weighted by Crippen LogP contribution is -2.37. The van der Waals surface area contributed by atoms with E-state index >= 15 is 0 Å². The number of carbonyl (C=O) groups excluding carboxylic acids is 1. The number of nitrogens with one attached hydrogen (secondary N) is 2. The summed E-state index contributed by atoms with van der Waals surface area (Å²) < 4.78 is 0. The van der Waals surface area contributed by atoms with Crippen molar-refractivity contribution in [2.45, 2.75) is 26.5 Å². The second kappa shape index (κ2) is 6.99. The van der Waals surface area contributed by atoms with Crippen molar-refractivity contribution in [3.8, 4) is 0 Å². The van der Waals surface area contributed by atoms with Crippen molar-refractivity contribution in [2.24, 2.45) is 7.05 Å². The quantitative estimate of drug-likeness (QED) is 0.739. The van der Waals surface area contributed by atoms with Gasteiger partial charge < -0.3 is 15.7 Å². The number of aromatic nitrogens is 4. The predicted molar refractivity (Wildman–Crippen MR) is 79.9 cm³/mol. The second-order valence-corrected chi connectivity index (χ2v) is 5.20. The molecular formula is C14H20N6O2. The zero-order chi connectivity index (χ0) is 16.1. The molecule has 118 valence electrons. The third kappa shape index (κ3) is 4.52. The molecule has 1 heterocycles. The van der Waals surface area contributed by atoms with Crippen LogP contribution in [0.1, 0.15) is 28.6 Å². The Morgan fingerprint density at radius 2 is 1.95 bits per heavy atom. The molecule has 1 aromatic carbocycles. The maximum Gasteiger partial charge on any atom is 0.315 e. The van der Waals surface area contributed by atoms with E-state index in [2.05, 4.69) is 26.0 Å². The van der Waals surface area contributed by atoms with Crippen molar-refractivity contribution >= 4 is 6.03 Å². The molecule has 22 heavy (non-hydrogen) atoms. The lowest BCUT2D eigenvalue weighted by atomic mass is 10.0. The number of hydrogen-bond donors (Lipinski definition) is 3. The van der Waals surface area contributed by atoms with Gasteiger partial charge in [0.05, 0.1) is 19.7 Å². The van der Waals surface area contributed by atoms with Crippen LogP contribution in [-0.4, -0.2) is 37.9 Å². The summed E-state index contributed by atoms with van der Waals surface area (Å²) in [5.41, 5.74) is 2.94. The predicted octanol–water partition coefficient (Wildman–Crippen LogP) is 0.360. The number of hydrogen-bond acceptors (Lipinski definition) is 5. The fourth-order valence-corrected chi connectivity index (χ4v) is 2.13. The van der Waals surface area contributed by atoms with Gasteiger partial charge in [0, 0.05) is 6.54 Å². The molecule has 8 nitrogen and oxygen atoms in total. The van der Waals surface area contributed by atoms with Gasteiger partial charge in [-0.05, 0) is 24.6 Å². The Morgan fingerprint density at radius 1 is 1.27 bits per heavy atom. The van der Waals surface area contributed by atoms with Crippen LogP contribution in [0.2, 0.25) is 0 Å². The minimum atomic E-state index is -0.751. The van der Waals surface area contributed by atoms with Gasteiger partial charge in [0.1, 0.15) is 0 Å². The van der Waals surface area contributed by atoms with Gasteiger partial charge in [-0.25, -0.2) is 4.79 Å². The zero-order valence-corrected chi connectivity index (χ0v) is 12.9. The first-order valence-corrected chi connectivity index (χ1v) is 6.95. The highest BCUT2D eigenvalue weighted by molar-refractivity contribution is 5.73. The summed E-state index contributed by atoms with van der Waals surface area (Å²) in [4.78, 5) is 13.0. The summed E-state index contributed by atoms with van der Waals surface area (Å²) in [6, 6.07) is 5.45. The van der Waals surface area contributed by atoms with Gasteiger partial charge in [-0.2, -0.15) is 4.80 Å². The average molecular weight is 304 g/mol. The van der Waals surface area contributed by atoms with Crippen LogP contribution in [-0.2, 0) is 13.6 Å². The molecule has 0 saturated carbocycles. The Hall–Kier alpha value is -2.48. The van der Waals surface area contributed by atoms with Gasteiger partial charge in [-0.15, -0.1) is 10.2 Å². The molecule has 0 fully saturated rings. The number of rotatable bonds is 5. The highest BCUT2D eigenvalue weighted by atomic mass is 16.3. The molecule has 0 radical (unpaired) electrons. The van der Waals surface area contributed by atoms with Gasteiger partial charge >= 0.3 is 6.03 Å². The summed E-state index contributed by atoms with van der Waals surface area (Å²) >= 11 is 0. The molecule has 0 bridgehead atoms. The Bertz CT molecular complexity index is 634. The molecule has 1 unspecified atom stereocenters. The standard InChI is InChI=1S/C14H20N6O2/c1-9-4-10(2)6-11(5-9)12(21)7-15-14(22)16-8-13-17-19-20(3)18-13/h4-6,12,21H,7-8H2,1-3H3,(H2,15,16,22). The van der Waals surface area contributed by atoms with Gasteiger partial charge in [0.2, 0.25) is 0 Å². The lowest BCUT2D eigenvalue weighted by Gasteiger charge is -2.14. The van der Waals surface area contributed by atoms with Crippen molar-refractivity contribution < 1.29 is 9.90 Å². The third-order valence-corrected chi connectivity index (χ3v) is 3.04. The molecule has 0 aliphatic rings. The average Bonchev–Trinajstić information content (AvgIpc) is 2.87. The van der Waals surface area contributed by atoms with E-state index < -0.39 is 12.1 Å². The van der Waals surface area contributed by atoms with Crippen LogP contribution in [0.4, 0.5) is 4.79 Å². The molecular weight excluding hydrogens is 284 g/mol. The minimum absolute atomic E-state index is 0.128.